The van der Waals surface area contributed by atoms with Gasteiger partial charge in [0.1, 0.15) is 17.3 Å². The predicted octanol–water partition coefficient (Wildman–Crippen LogP) is 3.62. The van der Waals surface area contributed by atoms with Crippen molar-refractivity contribution in [1.29, 1.82) is 0 Å². The minimum atomic E-state index is -0.397. The summed E-state index contributed by atoms with van der Waals surface area (Å²) in [4.78, 5) is 22.8. The van der Waals surface area contributed by atoms with Crippen molar-refractivity contribution in [3.05, 3.63) is 54.2 Å². The fraction of sp³-hybridized carbons (Fsp3) is 0.263. The lowest BCUT2D eigenvalue weighted by Gasteiger charge is -2.21. The second-order valence-electron chi connectivity index (χ2n) is 5.91. The van der Waals surface area contributed by atoms with Crippen molar-refractivity contribution in [2.24, 2.45) is 0 Å². The van der Waals surface area contributed by atoms with E-state index in [-0.39, 0.29) is 5.69 Å². The molecule has 0 aliphatic heterocycles. The predicted molar refractivity (Wildman–Crippen MR) is 105 cm³/mol. The lowest BCUT2D eigenvalue weighted by Crippen LogP contribution is -2.21. The highest BCUT2D eigenvalue weighted by Gasteiger charge is 2.11. The molecule has 0 fully saturated rings. The van der Waals surface area contributed by atoms with Crippen LogP contribution in [0.1, 0.15) is 30.1 Å². The van der Waals surface area contributed by atoms with Gasteiger partial charge in [0.15, 0.2) is 5.82 Å². The molecule has 1 amide bonds. The van der Waals surface area contributed by atoms with Crippen LogP contribution in [0, 0.1) is 6.92 Å². The molecule has 2 aromatic heterocycles. The Morgan fingerprint density at radius 3 is 2.37 bits per heavy atom. The number of aryl methyl sites for hydroxylation is 1. The Labute approximate surface area is 157 Å². The monoisotopic (exact) mass is 366 g/mol. The molecule has 0 bridgehead atoms. The van der Waals surface area contributed by atoms with Crippen LogP contribution in [0.5, 0.6) is 0 Å². The average molecular weight is 366 g/mol. The summed E-state index contributed by atoms with van der Waals surface area (Å²) in [6.45, 7) is 7.94. The highest BCUT2D eigenvalue weighted by atomic mass is 16.5. The first-order chi connectivity index (χ1) is 13.1. The van der Waals surface area contributed by atoms with Gasteiger partial charge in [-0.05, 0) is 45.0 Å². The van der Waals surface area contributed by atoms with Crippen molar-refractivity contribution in [3.8, 4) is 0 Å². The van der Waals surface area contributed by atoms with Crippen LogP contribution in [0.15, 0.2) is 47.2 Å². The van der Waals surface area contributed by atoms with Crippen LogP contribution in [-0.2, 0) is 0 Å². The molecule has 8 nitrogen and oxygen atoms in total. The molecule has 27 heavy (non-hydrogen) atoms. The number of hydrogen-bond acceptors (Lipinski definition) is 7. The molecule has 0 saturated carbocycles. The van der Waals surface area contributed by atoms with Gasteiger partial charge in [0.2, 0.25) is 0 Å². The van der Waals surface area contributed by atoms with Gasteiger partial charge in [-0.15, -0.1) is 0 Å². The van der Waals surface area contributed by atoms with Gasteiger partial charge in [0, 0.05) is 30.5 Å². The summed E-state index contributed by atoms with van der Waals surface area (Å²) < 4.78 is 4.91. The molecule has 0 spiro atoms. The van der Waals surface area contributed by atoms with Crippen molar-refractivity contribution >= 4 is 28.9 Å². The van der Waals surface area contributed by atoms with Crippen molar-refractivity contribution in [2.45, 2.75) is 20.8 Å². The lowest BCUT2D eigenvalue weighted by molar-refractivity contribution is 0.102. The first-order valence-electron chi connectivity index (χ1n) is 8.77. The Morgan fingerprint density at radius 2 is 1.81 bits per heavy atom. The number of carbonyl (C=O) groups is 1. The van der Waals surface area contributed by atoms with E-state index in [4.69, 9.17) is 4.52 Å². The maximum Gasteiger partial charge on any atom is 0.277 e. The van der Waals surface area contributed by atoms with Crippen LogP contribution in [0.25, 0.3) is 0 Å². The maximum atomic E-state index is 12.1. The van der Waals surface area contributed by atoms with Crippen LogP contribution < -0.4 is 15.5 Å². The van der Waals surface area contributed by atoms with E-state index in [9.17, 15) is 4.79 Å². The number of rotatable bonds is 7. The summed E-state index contributed by atoms with van der Waals surface area (Å²) in [6.07, 6.45) is 2.93. The van der Waals surface area contributed by atoms with Crippen LogP contribution in [0.2, 0.25) is 0 Å². The molecule has 3 rings (SSSR count). The minimum Gasteiger partial charge on any atom is -0.372 e. The number of nitrogens with one attached hydrogen (secondary N) is 2. The van der Waals surface area contributed by atoms with Crippen molar-refractivity contribution in [3.63, 3.8) is 0 Å². The number of hydrogen-bond donors (Lipinski definition) is 2. The number of nitrogens with zero attached hydrogens (tertiary/aromatic N) is 4. The van der Waals surface area contributed by atoms with Gasteiger partial charge in [-0.2, -0.15) is 0 Å². The third kappa shape index (κ3) is 4.60. The van der Waals surface area contributed by atoms with Crippen LogP contribution in [0.3, 0.4) is 0 Å². The highest BCUT2D eigenvalue weighted by molar-refractivity contribution is 6.02. The van der Waals surface area contributed by atoms with Crippen molar-refractivity contribution < 1.29 is 9.32 Å². The van der Waals surface area contributed by atoms with Gasteiger partial charge >= 0.3 is 0 Å². The van der Waals surface area contributed by atoms with E-state index in [1.54, 1.807) is 13.0 Å². The Morgan fingerprint density at radius 1 is 1.07 bits per heavy atom. The van der Waals surface area contributed by atoms with E-state index < -0.39 is 5.91 Å². The molecule has 2 heterocycles. The topological polar surface area (TPSA) is 96.2 Å². The Balaban J connectivity index is 1.62. The standard InChI is InChI=1S/C19H22N6O2/c1-4-25(5-2)15-8-6-14(7-9-15)22-18-12-20-16(11-21-18)19(26)23-17-10-13(3)27-24-17/h6-12H,4-5H2,1-3H3,(H,21,22)(H,23,24,26). The lowest BCUT2D eigenvalue weighted by atomic mass is 10.2. The second kappa shape index (κ2) is 8.31. The van der Waals surface area contributed by atoms with E-state index in [0.29, 0.717) is 17.4 Å². The molecule has 0 atom stereocenters. The van der Waals surface area contributed by atoms with E-state index in [2.05, 4.69) is 56.6 Å². The quantitative estimate of drug-likeness (QED) is 0.659. The van der Waals surface area contributed by atoms with Crippen LogP contribution >= 0.6 is 0 Å². The summed E-state index contributed by atoms with van der Waals surface area (Å²) in [5.74, 6) is 1.11. The Hall–Kier alpha value is -3.42. The van der Waals surface area contributed by atoms with E-state index in [0.717, 1.165) is 18.8 Å². The molecular formula is C19H22N6O2. The molecule has 0 radical (unpaired) electrons. The number of aromatic nitrogens is 3. The molecule has 0 aliphatic rings. The smallest absolute Gasteiger partial charge is 0.277 e. The van der Waals surface area contributed by atoms with Gasteiger partial charge in [0.05, 0.1) is 12.4 Å². The van der Waals surface area contributed by atoms with Crippen LogP contribution in [0.4, 0.5) is 23.0 Å². The largest absolute Gasteiger partial charge is 0.372 e. The summed E-state index contributed by atoms with van der Waals surface area (Å²) in [7, 11) is 0. The molecule has 8 heteroatoms. The molecule has 1 aromatic carbocycles. The van der Waals surface area contributed by atoms with Crippen molar-refractivity contribution in [1.82, 2.24) is 15.1 Å². The van der Waals surface area contributed by atoms with Gasteiger partial charge in [-0.3, -0.25) is 4.79 Å². The zero-order chi connectivity index (χ0) is 19.2. The molecule has 2 N–H and O–H groups in total. The average Bonchev–Trinajstić information content (AvgIpc) is 3.09. The summed E-state index contributed by atoms with van der Waals surface area (Å²) in [5, 5.41) is 9.49. The summed E-state index contributed by atoms with van der Waals surface area (Å²) >= 11 is 0. The third-order valence-corrected chi connectivity index (χ3v) is 4.02. The van der Waals surface area contributed by atoms with E-state index >= 15 is 0 Å². The molecule has 0 aliphatic carbocycles. The summed E-state index contributed by atoms with van der Waals surface area (Å²) in [6, 6.07) is 9.73. The number of anilines is 4. The Bertz CT molecular complexity index is 885. The van der Waals surface area contributed by atoms with Crippen molar-refractivity contribution in [2.75, 3.05) is 28.6 Å². The Kier molecular flexibility index (Phi) is 5.65. The van der Waals surface area contributed by atoms with E-state index in [1.165, 1.54) is 18.1 Å². The molecule has 0 unspecified atom stereocenters. The number of benzene rings is 1. The normalized spacial score (nSPS) is 10.5. The van der Waals surface area contributed by atoms with Gasteiger partial charge in [-0.25, -0.2) is 9.97 Å². The highest BCUT2D eigenvalue weighted by Crippen LogP contribution is 2.20. The fourth-order valence-corrected chi connectivity index (χ4v) is 2.61. The zero-order valence-corrected chi connectivity index (χ0v) is 15.6. The first kappa shape index (κ1) is 18.4. The summed E-state index contributed by atoms with van der Waals surface area (Å²) in [5.41, 5.74) is 2.26. The third-order valence-electron chi connectivity index (χ3n) is 4.02. The van der Waals surface area contributed by atoms with Gasteiger partial charge in [-0.1, -0.05) is 5.16 Å². The molecule has 3 aromatic rings. The number of amides is 1. The SMILES string of the molecule is CCN(CC)c1ccc(Nc2cnc(C(=O)Nc3cc(C)on3)cn2)cc1. The van der Waals surface area contributed by atoms with Gasteiger partial charge < -0.3 is 20.1 Å². The van der Waals surface area contributed by atoms with Gasteiger partial charge in [0.25, 0.3) is 5.91 Å². The molecular weight excluding hydrogens is 344 g/mol. The fourth-order valence-electron chi connectivity index (χ4n) is 2.61. The molecule has 140 valence electrons. The maximum absolute atomic E-state index is 12.1. The molecule has 0 saturated heterocycles. The van der Waals surface area contributed by atoms with E-state index in [1.807, 2.05) is 12.1 Å². The minimum absolute atomic E-state index is 0.193. The zero-order valence-electron chi connectivity index (χ0n) is 15.6. The van der Waals surface area contributed by atoms with Crippen LogP contribution in [-0.4, -0.2) is 34.1 Å². The first-order valence-corrected chi connectivity index (χ1v) is 8.77. The second-order valence-corrected chi connectivity index (χ2v) is 5.91. The number of carbonyl (C=O) groups excluding carboxylic acids is 1.